The summed E-state index contributed by atoms with van der Waals surface area (Å²) in [7, 11) is 0. The lowest BCUT2D eigenvalue weighted by Crippen LogP contribution is -2.28. The molecular weight excluding hydrogens is 333 g/mol. The number of halogens is 3. The largest absolute Gasteiger partial charge is 0.421 e. The van der Waals surface area contributed by atoms with Crippen LogP contribution in [0, 0.1) is 6.92 Å². The molecule has 0 aromatic carbocycles. The van der Waals surface area contributed by atoms with E-state index in [0.717, 1.165) is 32.6 Å². The van der Waals surface area contributed by atoms with Crippen LogP contribution in [0.4, 0.5) is 13.2 Å². The van der Waals surface area contributed by atoms with Gasteiger partial charge in [0, 0.05) is 18.0 Å². The lowest BCUT2D eigenvalue weighted by Gasteiger charge is -2.08. The fourth-order valence-electron chi connectivity index (χ4n) is 2.05. The second kappa shape index (κ2) is 5.30. The van der Waals surface area contributed by atoms with E-state index in [9.17, 15) is 22.8 Å². The number of hydrogen-bond acceptors (Lipinski definition) is 5. The van der Waals surface area contributed by atoms with Crippen LogP contribution in [-0.2, 0) is 12.7 Å². The Labute approximate surface area is 130 Å². The predicted molar refractivity (Wildman–Crippen MR) is 76.7 cm³/mol. The van der Waals surface area contributed by atoms with Gasteiger partial charge in [-0.05, 0) is 19.1 Å². The molecule has 10 heteroatoms. The number of pyridine rings is 1. The van der Waals surface area contributed by atoms with Gasteiger partial charge in [0.1, 0.15) is 10.6 Å². The van der Waals surface area contributed by atoms with Gasteiger partial charge in [-0.1, -0.05) is 11.3 Å². The zero-order chi connectivity index (χ0) is 16.8. The second-order valence-corrected chi connectivity index (χ2v) is 5.82. The van der Waals surface area contributed by atoms with Gasteiger partial charge in [0.2, 0.25) is 4.96 Å². The molecule has 0 fully saturated rings. The first-order valence-corrected chi connectivity index (χ1v) is 7.20. The summed E-state index contributed by atoms with van der Waals surface area (Å²) in [5, 5.41) is 4.31. The van der Waals surface area contributed by atoms with Crippen LogP contribution in [0.5, 0.6) is 0 Å². The van der Waals surface area contributed by atoms with Crippen LogP contribution < -0.4 is 11.1 Å². The van der Waals surface area contributed by atoms with Gasteiger partial charge < -0.3 is 4.57 Å². The Morgan fingerprint density at radius 1 is 1.30 bits per heavy atom. The molecule has 0 N–H and O–H groups in total. The van der Waals surface area contributed by atoms with Gasteiger partial charge in [-0.15, -0.1) is 0 Å². The molecule has 0 atom stereocenters. The quantitative estimate of drug-likeness (QED) is 0.711. The first-order valence-electron chi connectivity index (χ1n) is 6.39. The summed E-state index contributed by atoms with van der Waals surface area (Å²) >= 11 is 1.04. The molecule has 0 spiro atoms. The molecule has 6 nitrogen and oxygen atoms in total. The molecule has 0 bridgehead atoms. The fourth-order valence-corrected chi connectivity index (χ4v) is 2.99. The fraction of sp³-hybridized carbons (Fsp3) is 0.231. The van der Waals surface area contributed by atoms with Gasteiger partial charge in [-0.2, -0.15) is 22.8 Å². The number of nitrogens with zero attached hydrogens (tertiary/aromatic N) is 4. The molecule has 0 amide bonds. The molecule has 0 radical (unpaired) electrons. The lowest BCUT2D eigenvalue weighted by atomic mass is 10.2. The molecule has 0 aliphatic rings. The summed E-state index contributed by atoms with van der Waals surface area (Å²) in [6, 6.07) is 3.17. The van der Waals surface area contributed by atoms with Crippen molar-refractivity contribution in [2.45, 2.75) is 19.6 Å². The molecule has 0 unspecified atom stereocenters. The Kier molecular flexibility index (Phi) is 3.55. The molecule has 3 rings (SSSR count). The molecule has 23 heavy (non-hydrogen) atoms. The summed E-state index contributed by atoms with van der Waals surface area (Å²) in [6.07, 6.45) is -3.48. The molecule has 0 saturated carbocycles. The standard InChI is InChI=1S/C13H9F3N4O2S/c1-7-5-10(21)20-12(17-7)23-9(18-20)6-19-4-2-3-8(11(19)22)13(14,15)16/h2-5H,6H2,1H3. The van der Waals surface area contributed by atoms with E-state index in [2.05, 4.69) is 10.1 Å². The average molecular weight is 342 g/mol. The Bertz CT molecular complexity index is 1000. The monoisotopic (exact) mass is 342 g/mol. The molecular formula is C13H9F3N4O2S. The summed E-state index contributed by atoms with van der Waals surface area (Å²) < 4.78 is 40.2. The van der Waals surface area contributed by atoms with Crippen LogP contribution in [0.1, 0.15) is 16.3 Å². The van der Waals surface area contributed by atoms with Gasteiger partial charge >= 0.3 is 6.18 Å². The summed E-state index contributed by atoms with van der Waals surface area (Å²) in [4.78, 5) is 28.1. The highest BCUT2D eigenvalue weighted by atomic mass is 32.1. The van der Waals surface area contributed by atoms with Crippen molar-refractivity contribution in [3.8, 4) is 0 Å². The van der Waals surface area contributed by atoms with Gasteiger partial charge in [0.25, 0.3) is 11.1 Å². The summed E-state index contributed by atoms with van der Waals surface area (Å²) in [5.74, 6) is 0. The number of fused-ring (bicyclic) bond motifs is 1. The number of aromatic nitrogens is 4. The maximum absolute atomic E-state index is 12.8. The molecule has 3 heterocycles. The Morgan fingerprint density at radius 3 is 2.74 bits per heavy atom. The Balaban J connectivity index is 2.05. The first kappa shape index (κ1) is 15.4. The van der Waals surface area contributed by atoms with Gasteiger partial charge in [-0.3, -0.25) is 9.59 Å². The van der Waals surface area contributed by atoms with E-state index >= 15 is 0 Å². The average Bonchev–Trinajstić information content (AvgIpc) is 2.82. The van der Waals surface area contributed by atoms with Crippen LogP contribution in [0.2, 0.25) is 0 Å². The Hall–Kier alpha value is -2.49. The Morgan fingerprint density at radius 2 is 2.04 bits per heavy atom. The molecule has 0 saturated heterocycles. The number of hydrogen-bond donors (Lipinski definition) is 0. The van der Waals surface area contributed by atoms with E-state index in [1.807, 2.05) is 0 Å². The van der Waals surface area contributed by atoms with Crippen molar-refractivity contribution in [3.05, 3.63) is 61.4 Å². The highest BCUT2D eigenvalue weighted by Gasteiger charge is 2.34. The lowest BCUT2D eigenvalue weighted by molar-refractivity contribution is -0.138. The van der Waals surface area contributed by atoms with E-state index in [4.69, 9.17) is 0 Å². The van der Waals surface area contributed by atoms with Gasteiger partial charge in [0.15, 0.2) is 0 Å². The molecule has 120 valence electrons. The third-order valence-electron chi connectivity index (χ3n) is 3.05. The van der Waals surface area contributed by atoms with Crippen LogP contribution in [0.15, 0.2) is 34.0 Å². The maximum atomic E-state index is 12.8. The first-order chi connectivity index (χ1) is 10.8. The number of alkyl halides is 3. The highest BCUT2D eigenvalue weighted by Crippen LogP contribution is 2.26. The van der Waals surface area contributed by atoms with E-state index in [1.165, 1.54) is 12.3 Å². The third-order valence-corrected chi connectivity index (χ3v) is 3.94. The summed E-state index contributed by atoms with van der Waals surface area (Å²) in [5.41, 5.74) is -2.27. The van der Waals surface area contributed by atoms with E-state index in [-0.39, 0.29) is 12.1 Å². The zero-order valence-electron chi connectivity index (χ0n) is 11.7. The minimum Gasteiger partial charge on any atom is -0.308 e. The molecule has 0 aliphatic heterocycles. The molecule has 3 aromatic heterocycles. The zero-order valence-corrected chi connectivity index (χ0v) is 12.5. The highest BCUT2D eigenvalue weighted by molar-refractivity contribution is 7.16. The van der Waals surface area contributed by atoms with Gasteiger partial charge in [-0.25, -0.2) is 4.98 Å². The van der Waals surface area contributed by atoms with Crippen molar-refractivity contribution in [1.29, 1.82) is 0 Å². The minimum atomic E-state index is -4.72. The van der Waals surface area contributed by atoms with Crippen molar-refractivity contribution in [2.75, 3.05) is 0 Å². The topological polar surface area (TPSA) is 69.3 Å². The second-order valence-electron chi connectivity index (χ2n) is 4.78. The van der Waals surface area contributed by atoms with Crippen molar-refractivity contribution < 1.29 is 13.2 Å². The van der Waals surface area contributed by atoms with Crippen LogP contribution in [0.25, 0.3) is 4.96 Å². The summed E-state index contributed by atoms with van der Waals surface area (Å²) in [6.45, 7) is 1.48. The van der Waals surface area contributed by atoms with Crippen molar-refractivity contribution in [2.24, 2.45) is 0 Å². The number of aryl methyl sites for hydroxylation is 1. The van der Waals surface area contributed by atoms with Crippen LogP contribution >= 0.6 is 11.3 Å². The van der Waals surface area contributed by atoms with Crippen molar-refractivity contribution >= 4 is 16.3 Å². The van der Waals surface area contributed by atoms with Gasteiger partial charge in [0.05, 0.1) is 6.54 Å². The van der Waals surface area contributed by atoms with E-state index in [1.54, 1.807) is 6.92 Å². The SMILES string of the molecule is Cc1cc(=O)n2nc(Cn3cccc(C(F)(F)F)c3=O)sc2n1. The minimum absolute atomic E-state index is 0.171. The van der Waals surface area contributed by atoms with Crippen LogP contribution in [-0.4, -0.2) is 19.2 Å². The number of rotatable bonds is 2. The van der Waals surface area contributed by atoms with Crippen molar-refractivity contribution in [3.63, 3.8) is 0 Å². The molecule has 0 aliphatic carbocycles. The predicted octanol–water partition coefficient (Wildman–Crippen LogP) is 1.69. The smallest absolute Gasteiger partial charge is 0.308 e. The maximum Gasteiger partial charge on any atom is 0.421 e. The molecule has 3 aromatic rings. The van der Waals surface area contributed by atoms with Crippen LogP contribution in [0.3, 0.4) is 0 Å². The third kappa shape index (κ3) is 2.89. The van der Waals surface area contributed by atoms with E-state index in [0.29, 0.717) is 15.7 Å². The normalized spacial score (nSPS) is 12.0. The van der Waals surface area contributed by atoms with Crippen molar-refractivity contribution in [1.82, 2.24) is 19.2 Å². The van der Waals surface area contributed by atoms with E-state index < -0.39 is 17.3 Å².